The highest BCUT2D eigenvalue weighted by Crippen LogP contribution is 2.33. The summed E-state index contributed by atoms with van der Waals surface area (Å²) in [6.07, 6.45) is -3.74. The molecule has 4 rings (SSSR count). The molecule has 0 saturated carbocycles. The molecule has 0 bridgehead atoms. The van der Waals surface area contributed by atoms with Crippen LogP contribution < -0.4 is 15.0 Å². The Morgan fingerprint density at radius 2 is 1.88 bits per heavy atom. The Labute approximate surface area is 229 Å². The van der Waals surface area contributed by atoms with E-state index in [-0.39, 0.29) is 37.3 Å². The van der Waals surface area contributed by atoms with Crippen molar-refractivity contribution in [2.24, 2.45) is 4.99 Å². The summed E-state index contributed by atoms with van der Waals surface area (Å²) in [5.74, 6) is -0.786. The van der Waals surface area contributed by atoms with Crippen LogP contribution in [-0.4, -0.2) is 69.7 Å². The number of hydrogen-bond donors (Lipinski definition) is 1. The number of alkyl halides is 3. The Bertz CT molecular complexity index is 1480. The van der Waals surface area contributed by atoms with E-state index < -0.39 is 39.7 Å². The highest BCUT2D eigenvalue weighted by molar-refractivity contribution is 7.92. The number of aryl methyl sites for hydroxylation is 1. The summed E-state index contributed by atoms with van der Waals surface area (Å²) in [5.41, 5.74) is 0.986. The molecule has 0 unspecified atom stereocenters. The van der Waals surface area contributed by atoms with Crippen molar-refractivity contribution in [2.45, 2.75) is 31.7 Å². The molecule has 0 atom stereocenters. The minimum absolute atomic E-state index is 0.0238. The van der Waals surface area contributed by atoms with Crippen LogP contribution >= 0.6 is 0 Å². The zero-order valence-electron chi connectivity index (χ0n) is 21.9. The molecule has 10 nitrogen and oxygen atoms in total. The Balaban J connectivity index is 1.44. The number of sulfonamides is 1. The van der Waals surface area contributed by atoms with Crippen LogP contribution in [0.4, 0.5) is 23.7 Å². The van der Waals surface area contributed by atoms with Gasteiger partial charge in [0.05, 0.1) is 7.11 Å². The van der Waals surface area contributed by atoms with E-state index in [0.717, 1.165) is 23.1 Å². The summed E-state index contributed by atoms with van der Waals surface area (Å²) in [5, 5.41) is 3.70. The smallest absolute Gasteiger partial charge is 0.452 e. The molecule has 2 aliphatic heterocycles. The van der Waals surface area contributed by atoms with Crippen LogP contribution in [0, 0.1) is 6.92 Å². The van der Waals surface area contributed by atoms with E-state index in [4.69, 9.17) is 4.74 Å². The van der Waals surface area contributed by atoms with Gasteiger partial charge in [-0.3, -0.25) is 14.7 Å². The maximum Gasteiger partial charge on any atom is 0.573 e. The number of nitrogens with one attached hydrogen (secondary N) is 1. The van der Waals surface area contributed by atoms with Crippen LogP contribution in [0.5, 0.6) is 5.75 Å². The standard InChI is InChI=1S/C26H27F3N4O6S/c1-17-15-20(32(2)24(35)38-3)8-7-18(17)9-14-40(36,37)33-12-10-25(11-13-33)23(34)30-22(31-25)19-5-4-6-21(16-19)39-26(27,28)29/h4-9,14-16H,10-13H2,1-3H3,(H,30,31,34)/b14-9+. The zero-order valence-corrected chi connectivity index (χ0v) is 22.7. The number of methoxy groups -OCH3 is 1. The molecule has 2 aromatic rings. The van der Waals surface area contributed by atoms with E-state index in [0.29, 0.717) is 11.3 Å². The molecule has 1 spiro atoms. The molecule has 1 fully saturated rings. The van der Waals surface area contributed by atoms with Gasteiger partial charge in [-0.2, -0.15) is 4.31 Å². The first-order chi connectivity index (χ1) is 18.7. The van der Waals surface area contributed by atoms with Crippen molar-refractivity contribution in [3.05, 3.63) is 64.6 Å². The molecule has 2 amide bonds. The van der Waals surface area contributed by atoms with Crippen LogP contribution in [0.2, 0.25) is 0 Å². The molecule has 0 radical (unpaired) electrons. The van der Waals surface area contributed by atoms with Gasteiger partial charge >= 0.3 is 12.5 Å². The van der Waals surface area contributed by atoms with Crippen molar-refractivity contribution in [3.63, 3.8) is 0 Å². The minimum Gasteiger partial charge on any atom is -0.452 e. The van der Waals surface area contributed by atoms with Gasteiger partial charge in [-0.15, -0.1) is 13.2 Å². The van der Waals surface area contributed by atoms with E-state index in [1.54, 1.807) is 32.2 Å². The highest BCUT2D eigenvalue weighted by atomic mass is 32.2. The third-order valence-electron chi connectivity index (χ3n) is 6.74. The Hall–Kier alpha value is -3.91. The maximum atomic E-state index is 13.0. The lowest BCUT2D eigenvalue weighted by Crippen LogP contribution is -2.50. The van der Waals surface area contributed by atoms with Crippen LogP contribution in [0.15, 0.2) is 52.9 Å². The predicted molar refractivity (Wildman–Crippen MR) is 141 cm³/mol. The molecule has 0 aliphatic carbocycles. The molecule has 2 heterocycles. The molecule has 214 valence electrons. The summed E-state index contributed by atoms with van der Waals surface area (Å²) in [6.45, 7) is 1.83. The first kappa shape index (κ1) is 29.1. The Morgan fingerprint density at radius 1 is 1.18 bits per heavy atom. The summed E-state index contributed by atoms with van der Waals surface area (Å²) in [6, 6.07) is 10.2. The van der Waals surface area contributed by atoms with Crippen molar-refractivity contribution in [1.82, 2.24) is 9.62 Å². The van der Waals surface area contributed by atoms with E-state index in [9.17, 15) is 31.2 Å². The minimum atomic E-state index is -4.86. The fraction of sp³-hybridized carbons (Fsp3) is 0.346. The predicted octanol–water partition coefficient (Wildman–Crippen LogP) is 3.81. The second-order valence-electron chi connectivity index (χ2n) is 9.34. The largest absolute Gasteiger partial charge is 0.573 e. The van der Waals surface area contributed by atoms with Crippen molar-refractivity contribution in [1.29, 1.82) is 0 Å². The molecule has 14 heteroatoms. The van der Waals surface area contributed by atoms with E-state index in [1.807, 2.05) is 0 Å². The number of nitrogens with zero attached hydrogens (tertiary/aromatic N) is 3. The Morgan fingerprint density at radius 3 is 2.50 bits per heavy atom. The lowest BCUT2D eigenvalue weighted by atomic mass is 9.89. The van der Waals surface area contributed by atoms with Gasteiger partial charge in [0, 0.05) is 36.8 Å². The van der Waals surface area contributed by atoms with Gasteiger partial charge in [-0.1, -0.05) is 18.2 Å². The molecule has 0 aromatic heterocycles. The maximum absolute atomic E-state index is 13.0. The number of anilines is 1. The quantitative estimate of drug-likeness (QED) is 0.556. The average Bonchev–Trinajstić information content (AvgIpc) is 3.21. The van der Waals surface area contributed by atoms with Gasteiger partial charge in [0.1, 0.15) is 17.1 Å². The lowest BCUT2D eigenvalue weighted by Gasteiger charge is -2.34. The van der Waals surface area contributed by atoms with Crippen molar-refractivity contribution in [2.75, 3.05) is 32.1 Å². The van der Waals surface area contributed by atoms with Crippen LogP contribution in [0.25, 0.3) is 6.08 Å². The van der Waals surface area contributed by atoms with Crippen molar-refractivity contribution >= 4 is 39.6 Å². The third kappa shape index (κ3) is 6.28. The monoisotopic (exact) mass is 580 g/mol. The molecule has 2 aliphatic rings. The summed E-state index contributed by atoms with van der Waals surface area (Å²) >= 11 is 0. The number of carbonyl (C=O) groups is 2. The topological polar surface area (TPSA) is 118 Å². The number of piperidine rings is 1. The van der Waals surface area contributed by atoms with Gasteiger partial charge in [-0.05, 0) is 61.2 Å². The van der Waals surface area contributed by atoms with Crippen molar-refractivity contribution in [3.8, 4) is 5.75 Å². The zero-order chi connectivity index (χ0) is 29.3. The van der Waals surface area contributed by atoms with Gasteiger partial charge < -0.3 is 14.8 Å². The van der Waals surface area contributed by atoms with Gasteiger partial charge in [-0.25, -0.2) is 13.2 Å². The van der Waals surface area contributed by atoms with Crippen LogP contribution in [-0.2, 0) is 19.6 Å². The lowest BCUT2D eigenvalue weighted by molar-refractivity contribution is -0.274. The van der Waals surface area contributed by atoms with Gasteiger partial charge in [0.2, 0.25) is 10.0 Å². The highest BCUT2D eigenvalue weighted by Gasteiger charge is 2.47. The second kappa shape index (κ2) is 10.9. The number of ether oxygens (including phenoxy) is 2. The molecule has 2 aromatic carbocycles. The van der Waals surface area contributed by atoms with Gasteiger partial charge in [0.25, 0.3) is 5.91 Å². The first-order valence-electron chi connectivity index (χ1n) is 12.1. The summed E-state index contributed by atoms with van der Waals surface area (Å²) in [4.78, 5) is 30.4. The number of benzene rings is 2. The number of amides is 2. The number of hydrogen-bond acceptors (Lipinski definition) is 7. The molecular formula is C26H27F3N4O6S. The Kier molecular flexibility index (Phi) is 7.94. The summed E-state index contributed by atoms with van der Waals surface area (Å²) in [7, 11) is -0.999. The molecule has 1 saturated heterocycles. The number of amidine groups is 1. The molecule has 1 N–H and O–H groups in total. The molecule has 40 heavy (non-hydrogen) atoms. The van der Waals surface area contributed by atoms with Crippen LogP contribution in [0.1, 0.15) is 29.5 Å². The fourth-order valence-electron chi connectivity index (χ4n) is 4.49. The fourth-order valence-corrected chi connectivity index (χ4v) is 5.67. The summed E-state index contributed by atoms with van der Waals surface area (Å²) < 4.78 is 73.7. The van der Waals surface area contributed by atoms with Crippen LogP contribution in [0.3, 0.4) is 0 Å². The van der Waals surface area contributed by atoms with E-state index in [1.165, 1.54) is 34.5 Å². The number of rotatable bonds is 6. The number of halogens is 3. The van der Waals surface area contributed by atoms with E-state index >= 15 is 0 Å². The SMILES string of the molecule is COC(=O)N(C)c1ccc(/C=C/S(=O)(=O)N2CCC3(CC2)N=C(c2cccc(OC(F)(F)F)c2)NC3=O)c(C)c1. The van der Waals surface area contributed by atoms with E-state index in [2.05, 4.69) is 15.0 Å². The normalized spacial score (nSPS) is 17.6. The third-order valence-corrected chi connectivity index (χ3v) is 8.30. The molecular weight excluding hydrogens is 553 g/mol. The first-order valence-corrected chi connectivity index (χ1v) is 13.6. The second-order valence-corrected chi connectivity index (χ2v) is 11.2. The number of carbonyl (C=O) groups excluding carboxylic acids is 2. The average molecular weight is 581 g/mol. The van der Waals surface area contributed by atoms with Crippen molar-refractivity contribution < 1.29 is 40.7 Å². The van der Waals surface area contributed by atoms with Gasteiger partial charge in [0.15, 0.2) is 0 Å². The number of aliphatic imine (C=N–C) groups is 1.